The Kier molecular flexibility index (Phi) is 4.48. The van der Waals surface area contributed by atoms with Crippen LogP contribution < -0.4 is 14.2 Å². The molecule has 0 bridgehead atoms. The molecule has 0 aliphatic carbocycles. The highest BCUT2D eigenvalue weighted by Crippen LogP contribution is 2.28. The molecule has 3 heterocycles. The molecule has 0 radical (unpaired) electrons. The minimum atomic E-state index is 0.475. The number of nitrogens with zero attached hydrogens (tertiary/aromatic N) is 3. The van der Waals surface area contributed by atoms with Crippen molar-refractivity contribution in [2.45, 2.75) is 24.8 Å². The fourth-order valence-electron chi connectivity index (χ4n) is 2.56. The van der Waals surface area contributed by atoms with Gasteiger partial charge in [-0.1, -0.05) is 11.8 Å². The van der Waals surface area contributed by atoms with Crippen molar-refractivity contribution in [3.05, 3.63) is 40.4 Å². The van der Waals surface area contributed by atoms with Gasteiger partial charge in [0.25, 0.3) is 0 Å². The number of aryl methyl sites for hydroxylation is 1. The number of thioether (sulfide) groups is 1. The number of hydrogen-bond donors (Lipinski definition) is 1. The van der Waals surface area contributed by atoms with Crippen LogP contribution in [0.2, 0.25) is 0 Å². The molecule has 1 N–H and O–H groups in total. The number of aromatic nitrogens is 4. The zero-order valence-corrected chi connectivity index (χ0v) is 14.7. The van der Waals surface area contributed by atoms with Gasteiger partial charge in [-0.2, -0.15) is 9.71 Å². The van der Waals surface area contributed by atoms with Crippen molar-refractivity contribution >= 4 is 22.9 Å². The molecule has 0 saturated carbocycles. The maximum absolute atomic E-state index is 12.2. The molecule has 0 amide bonds. The molecule has 0 aliphatic rings. The van der Waals surface area contributed by atoms with Gasteiger partial charge in [-0.15, -0.1) is 0 Å². The molecular weight excluding hydrogens is 328 g/mol. The van der Waals surface area contributed by atoms with Crippen LogP contribution >= 0.6 is 11.8 Å². The average molecular weight is 346 g/mol. The van der Waals surface area contributed by atoms with E-state index in [1.807, 2.05) is 19.9 Å². The van der Waals surface area contributed by atoms with E-state index in [2.05, 4.69) is 15.0 Å². The Morgan fingerprint density at radius 1 is 1.21 bits per heavy atom. The van der Waals surface area contributed by atoms with Crippen LogP contribution in [0.25, 0.3) is 11.2 Å². The molecule has 3 aromatic heterocycles. The van der Waals surface area contributed by atoms with Crippen molar-refractivity contribution in [1.29, 1.82) is 0 Å². The van der Waals surface area contributed by atoms with Gasteiger partial charge in [-0.05, 0) is 19.9 Å². The maximum Gasteiger partial charge on any atom is 0.215 e. The molecular formula is C16H18N4O3S. The van der Waals surface area contributed by atoms with Crippen molar-refractivity contribution in [2.24, 2.45) is 0 Å². The molecule has 0 atom stereocenters. The fourth-order valence-corrected chi connectivity index (χ4v) is 3.51. The van der Waals surface area contributed by atoms with E-state index in [1.54, 1.807) is 20.3 Å². The van der Waals surface area contributed by atoms with Crippen LogP contribution in [-0.4, -0.2) is 29.2 Å². The second-order valence-corrected chi connectivity index (χ2v) is 6.26. The Morgan fingerprint density at radius 3 is 2.71 bits per heavy atom. The molecule has 0 aliphatic heterocycles. The van der Waals surface area contributed by atoms with Crippen molar-refractivity contribution in [1.82, 2.24) is 15.0 Å². The van der Waals surface area contributed by atoms with Gasteiger partial charge >= 0.3 is 0 Å². The van der Waals surface area contributed by atoms with Crippen molar-refractivity contribution in [3.8, 4) is 11.6 Å². The van der Waals surface area contributed by atoms with Gasteiger partial charge in [0, 0.05) is 6.07 Å². The van der Waals surface area contributed by atoms with E-state index >= 15 is 0 Å². The van der Waals surface area contributed by atoms with Gasteiger partial charge in [0.05, 0.1) is 36.6 Å². The first-order valence-corrected chi connectivity index (χ1v) is 8.31. The van der Waals surface area contributed by atoms with E-state index in [9.17, 15) is 5.21 Å². The molecule has 126 valence electrons. The third kappa shape index (κ3) is 2.96. The lowest BCUT2D eigenvalue weighted by atomic mass is 10.1. The lowest BCUT2D eigenvalue weighted by Crippen LogP contribution is -2.33. The second kappa shape index (κ2) is 6.56. The van der Waals surface area contributed by atoms with Gasteiger partial charge in [0.2, 0.25) is 11.6 Å². The molecule has 0 fully saturated rings. The molecule has 0 saturated heterocycles. The summed E-state index contributed by atoms with van der Waals surface area (Å²) in [5.74, 6) is 1.74. The Labute approximate surface area is 143 Å². The van der Waals surface area contributed by atoms with Crippen molar-refractivity contribution in [2.75, 3.05) is 14.2 Å². The first-order valence-electron chi connectivity index (χ1n) is 7.33. The minimum absolute atomic E-state index is 0.475. The quantitative estimate of drug-likeness (QED) is 0.434. The summed E-state index contributed by atoms with van der Waals surface area (Å²) >= 11 is 1.44. The van der Waals surface area contributed by atoms with E-state index in [0.29, 0.717) is 28.1 Å². The summed E-state index contributed by atoms with van der Waals surface area (Å²) < 4.78 is 11.4. The summed E-state index contributed by atoms with van der Waals surface area (Å²) in [6.45, 7) is 3.75. The lowest BCUT2D eigenvalue weighted by Gasteiger charge is -2.12. The Hall–Kier alpha value is -2.48. The van der Waals surface area contributed by atoms with Crippen LogP contribution in [0.1, 0.15) is 16.8 Å². The van der Waals surface area contributed by atoms with Gasteiger partial charge < -0.3 is 19.7 Å². The van der Waals surface area contributed by atoms with Crippen LogP contribution in [0, 0.1) is 19.1 Å². The van der Waals surface area contributed by atoms with Gasteiger partial charge in [-0.3, -0.25) is 0 Å². The highest BCUT2D eigenvalue weighted by molar-refractivity contribution is 7.98. The fraction of sp³-hybridized carbons (Fsp3) is 0.312. The standard InChI is InChI=1S/C16H18N4O3S/c1-9-7-20(21)12(10(2)14(9)23-4)8-24-16-17-11-5-6-13(22-3)18-15(11)19-16/h5-7H,8H2,1-4H3,(H,17,18,19). The number of aromatic amines is 1. The monoisotopic (exact) mass is 346 g/mol. The molecule has 7 nitrogen and oxygen atoms in total. The number of hydrogen-bond acceptors (Lipinski definition) is 6. The smallest absolute Gasteiger partial charge is 0.215 e. The van der Waals surface area contributed by atoms with E-state index in [-0.39, 0.29) is 0 Å². The second-order valence-electron chi connectivity index (χ2n) is 5.30. The summed E-state index contributed by atoms with van der Waals surface area (Å²) in [6.07, 6.45) is 1.53. The molecule has 24 heavy (non-hydrogen) atoms. The van der Waals surface area contributed by atoms with E-state index in [1.165, 1.54) is 18.0 Å². The predicted molar refractivity (Wildman–Crippen MR) is 91.4 cm³/mol. The zero-order valence-electron chi connectivity index (χ0n) is 13.9. The summed E-state index contributed by atoms with van der Waals surface area (Å²) in [7, 11) is 3.18. The zero-order chi connectivity index (χ0) is 17.3. The van der Waals surface area contributed by atoms with Gasteiger partial charge in [0.15, 0.2) is 17.0 Å². The Morgan fingerprint density at radius 2 is 2.00 bits per heavy atom. The first-order chi connectivity index (χ1) is 11.5. The molecule has 3 rings (SSSR count). The molecule has 8 heteroatoms. The van der Waals surface area contributed by atoms with Crippen molar-refractivity contribution < 1.29 is 14.2 Å². The number of nitrogens with one attached hydrogen (secondary N) is 1. The van der Waals surface area contributed by atoms with Crippen molar-refractivity contribution in [3.63, 3.8) is 0 Å². The molecule has 0 aromatic carbocycles. The molecule has 0 unspecified atom stereocenters. The highest BCUT2D eigenvalue weighted by atomic mass is 32.2. The largest absolute Gasteiger partial charge is 0.618 e. The summed E-state index contributed by atoms with van der Waals surface area (Å²) in [6, 6.07) is 3.64. The van der Waals surface area contributed by atoms with Gasteiger partial charge in [0.1, 0.15) is 5.75 Å². The number of rotatable bonds is 5. The van der Waals surface area contributed by atoms with Crippen LogP contribution in [0.3, 0.4) is 0 Å². The van der Waals surface area contributed by atoms with E-state index < -0.39 is 0 Å². The van der Waals surface area contributed by atoms with E-state index in [4.69, 9.17) is 9.47 Å². The number of H-pyrrole nitrogens is 1. The number of fused-ring (bicyclic) bond motifs is 1. The summed E-state index contributed by atoms with van der Waals surface area (Å²) in [5, 5.41) is 12.9. The Bertz CT molecular complexity index is 895. The maximum atomic E-state index is 12.2. The van der Waals surface area contributed by atoms with Crippen LogP contribution in [0.4, 0.5) is 0 Å². The number of methoxy groups -OCH3 is 2. The third-order valence-electron chi connectivity index (χ3n) is 3.77. The predicted octanol–water partition coefficient (Wildman–Crippen LogP) is 2.52. The number of ether oxygens (including phenoxy) is 2. The highest BCUT2D eigenvalue weighted by Gasteiger charge is 2.18. The Balaban J connectivity index is 1.86. The summed E-state index contributed by atoms with van der Waals surface area (Å²) in [5.41, 5.74) is 3.72. The molecule has 3 aromatic rings. The number of pyridine rings is 2. The summed E-state index contributed by atoms with van der Waals surface area (Å²) in [4.78, 5) is 11.9. The third-order valence-corrected chi connectivity index (χ3v) is 4.65. The SMILES string of the molecule is COc1ccc2[nH]c(SCc3c(C)c(OC)c(C)c[n+]3[O-])nc2n1. The van der Waals surface area contributed by atoms with Gasteiger partial charge in [-0.25, -0.2) is 4.98 Å². The van der Waals surface area contributed by atoms with Crippen LogP contribution in [-0.2, 0) is 5.75 Å². The topological polar surface area (TPSA) is 87.0 Å². The first kappa shape index (κ1) is 16.4. The normalized spacial score (nSPS) is 11.0. The number of imidazole rings is 1. The average Bonchev–Trinajstić information content (AvgIpc) is 2.96. The van der Waals surface area contributed by atoms with Crippen LogP contribution in [0.15, 0.2) is 23.5 Å². The lowest BCUT2D eigenvalue weighted by molar-refractivity contribution is -0.613. The molecule has 0 spiro atoms. The van der Waals surface area contributed by atoms with E-state index in [0.717, 1.165) is 27.1 Å². The van der Waals surface area contributed by atoms with Crippen LogP contribution in [0.5, 0.6) is 11.6 Å². The minimum Gasteiger partial charge on any atom is -0.618 e.